The monoisotopic (exact) mass is 247 g/mol. The minimum atomic E-state index is 0.419. The lowest BCUT2D eigenvalue weighted by Gasteiger charge is -2.30. The second-order valence-electron chi connectivity index (χ2n) is 5.56. The molecule has 1 saturated heterocycles. The molecule has 0 aromatic heterocycles. The fraction of sp³-hybridized carbons (Fsp3) is 0.600. The van der Waals surface area contributed by atoms with E-state index in [9.17, 15) is 0 Å². The number of rotatable bonds is 4. The molecular formula is C15H25N3. The molecule has 0 spiro atoms. The normalized spacial score (nSPS) is 22.6. The summed E-state index contributed by atoms with van der Waals surface area (Å²) in [7, 11) is 4.44. The average Bonchev–Trinajstić information content (AvgIpc) is 2.74. The van der Waals surface area contributed by atoms with E-state index in [4.69, 9.17) is 5.73 Å². The zero-order valence-electron chi connectivity index (χ0n) is 11.8. The van der Waals surface area contributed by atoms with Crippen molar-refractivity contribution >= 4 is 5.69 Å². The van der Waals surface area contributed by atoms with Crippen LogP contribution in [0, 0.1) is 0 Å². The van der Waals surface area contributed by atoms with Gasteiger partial charge in [0.2, 0.25) is 0 Å². The molecule has 1 aromatic rings. The fourth-order valence-corrected chi connectivity index (χ4v) is 2.77. The standard InChI is InChI=1S/C15H25N3/c1-12(13-6-4-7-14(16)10-13)18(3)11-15-8-5-9-17(15)2/h4,6-7,10,12,15H,5,8-9,11,16H2,1-3H3. The Morgan fingerprint density at radius 3 is 2.89 bits per heavy atom. The van der Waals surface area contributed by atoms with E-state index in [0.717, 1.165) is 12.2 Å². The van der Waals surface area contributed by atoms with Crippen LogP contribution in [0.4, 0.5) is 5.69 Å². The number of likely N-dealkylation sites (tertiary alicyclic amines) is 1. The quantitative estimate of drug-likeness (QED) is 0.829. The molecule has 3 nitrogen and oxygen atoms in total. The largest absolute Gasteiger partial charge is 0.399 e. The SMILES string of the molecule is CC(c1cccc(N)c1)N(C)CC1CCCN1C. The molecular weight excluding hydrogens is 222 g/mol. The van der Waals surface area contributed by atoms with E-state index in [2.05, 4.69) is 43.0 Å². The maximum atomic E-state index is 5.86. The maximum Gasteiger partial charge on any atom is 0.0318 e. The first kappa shape index (κ1) is 13.4. The van der Waals surface area contributed by atoms with Gasteiger partial charge in [0.05, 0.1) is 0 Å². The summed E-state index contributed by atoms with van der Waals surface area (Å²) >= 11 is 0. The zero-order valence-corrected chi connectivity index (χ0v) is 11.8. The molecule has 2 unspecified atom stereocenters. The Morgan fingerprint density at radius 1 is 1.50 bits per heavy atom. The molecule has 1 fully saturated rings. The Bertz CT molecular complexity index is 391. The van der Waals surface area contributed by atoms with Crippen molar-refractivity contribution in [1.29, 1.82) is 0 Å². The van der Waals surface area contributed by atoms with E-state index in [1.807, 2.05) is 12.1 Å². The van der Waals surface area contributed by atoms with Crippen LogP contribution in [0.1, 0.15) is 31.4 Å². The van der Waals surface area contributed by atoms with E-state index in [-0.39, 0.29) is 0 Å². The van der Waals surface area contributed by atoms with Crippen molar-refractivity contribution in [3.63, 3.8) is 0 Å². The lowest BCUT2D eigenvalue weighted by Crippen LogP contribution is -2.37. The van der Waals surface area contributed by atoms with Gasteiger partial charge in [-0.3, -0.25) is 4.90 Å². The first-order chi connectivity index (χ1) is 8.58. The summed E-state index contributed by atoms with van der Waals surface area (Å²) in [6, 6.07) is 9.36. The van der Waals surface area contributed by atoms with Gasteiger partial charge in [0.1, 0.15) is 0 Å². The fourth-order valence-electron chi connectivity index (χ4n) is 2.77. The van der Waals surface area contributed by atoms with Crippen LogP contribution in [0.15, 0.2) is 24.3 Å². The second kappa shape index (κ2) is 5.72. The molecule has 2 atom stereocenters. The highest BCUT2D eigenvalue weighted by Gasteiger charge is 2.24. The van der Waals surface area contributed by atoms with Gasteiger partial charge in [-0.2, -0.15) is 0 Å². The van der Waals surface area contributed by atoms with E-state index in [1.54, 1.807) is 0 Å². The third-order valence-corrected chi connectivity index (χ3v) is 4.22. The molecule has 2 N–H and O–H groups in total. The summed E-state index contributed by atoms with van der Waals surface area (Å²) < 4.78 is 0. The van der Waals surface area contributed by atoms with Crippen LogP contribution in [0.3, 0.4) is 0 Å². The minimum Gasteiger partial charge on any atom is -0.399 e. The van der Waals surface area contributed by atoms with Crippen LogP contribution in [0.5, 0.6) is 0 Å². The molecule has 1 aliphatic rings. The number of hydrogen-bond acceptors (Lipinski definition) is 3. The smallest absolute Gasteiger partial charge is 0.0318 e. The third kappa shape index (κ3) is 3.03. The molecule has 18 heavy (non-hydrogen) atoms. The Labute approximate surface area is 111 Å². The van der Waals surface area contributed by atoms with Crippen molar-refractivity contribution in [1.82, 2.24) is 9.80 Å². The van der Waals surface area contributed by atoms with Gasteiger partial charge in [-0.05, 0) is 58.1 Å². The molecule has 1 aliphatic heterocycles. The molecule has 0 aliphatic carbocycles. The summed E-state index contributed by atoms with van der Waals surface area (Å²) in [5, 5.41) is 0. The van der Waals surface area contributed by atoms with Gasteiger partial charge in [0.25, 0.3) is 0 Å². The van der Waals surface area contributed by atoms with Crippen LogP contribution >= 0.6 is 0 Å². The van der Waals surface area contributed by atoms with Gasteiger partial charge < -0.3 is 10.6 Å². The second-order valence-corrected chi connectivity index (χ2v) is 5.56. The third-order valence-electron chi connectivity index (χ3n) is 4.22. The van der Waals surface area contributed by atoms with E-state index in [1.165, 1.54) is 24.9 Å². The summed E-state index contributed by atoms with van der Waals surface area (Å²) in [6.45, 7) is 4.63. The van der Waals surface area contributed by atoms with Crippen LogP contribution in [-0.2, 0) is 0 Å². The van der Waals surface area contributed by atoms with Crippen LogP contribution in [0.2, 0.25) is 0 Å². The lowest BCUT2D eigenvalue weighted by molar-refractivity contribution is 0.185. The summed E-state index contributed by atoms with van der Waals surface area (Å²) in [4.78, 5) is 4.91. The van der Waals surface area contributed by atoms with Gasteiger partial charge in [-0.1, -0.05) is 12.1 Å². The van der Waals surface area contributed by atoms with Crippen molar-refractivity contribution in [2.75, 3.05) is 32.9 Å². The number of hydrogen-bond donors (Lipinski definition) is 1. The highest BCUT2D eigenvalue weighted by Crippen LogP contribution is 2.23. The topological polar surface area (TPSA) is 32.5 Å². The minimum absolute atomic E-state index is 0.419. The Kier molecular flexibility index (Phi) is 4.25. The predicted octanol–water partition coefficient (Wildman–Crippen LogP) is 2.36. The number of nitrogens with two attached hydrogens (primary N) is 1. The molecule has 2 rings (SSSR count). The Morgan fingerprint density at radius 2 is 2.28 bits per heavy atom. The maximum absolute atomic E-state index is 5.86. The van der Waals surface area contributed by atoms with Crippen molar-refractivity contribution in [3.8, 4) is 0 Å². The first-order valence-electron chi connectivity index (χ1n) is 6.84. The molecule has 100 valence electrons. The van der Waals surface area contributed by atoms with Gasteiger partial charge in [0.15, 0.2) is 0 Å². The highest BCUT2D eigenvalue weighted by atomic mass is 15.2. The number of likely N-dealkylation sites (N-methyl/N-ethyl adjacent to an activating group) is 2. The molecule has 0 saturated carbocycles. The van der Waals surface area contributed by atoms with Crippen molar-refractivity contribution in [2.24, 2.45) is 0 Å². The van der Waals surface area contributed by atoms with Crippen molar-refractivity contribution in [3.05, 3.63) is 29.8 Å². The van der Waals surface area contributed by atoms with E-state index in [0.29, 0.717) is 12.1 Å². The van der Waals surface area contributed by atoms with Gasteiger partial charge >= 0.3 is 0 Å². The Balaban J connectivity index is 1.98. The molecule has 1 aromatic carbocycles. The molecule has 0 amide bonds. The highest BCUT2D eigenvalue weighted by molar-refractivity contribution is 5.41. The molecule has 0 radical (unpaired) electrons. The van der Waals surface area contributed by atoms with Crippen molar-refractivity contribution < 1.29 is 0 Å². The first-order valence-corrected chi connectivity index (χ1v) is 6.84. The summed E-state index contributed by atoms with van der Waals surface area (Å²) in [5.74, 6) is 0. The Hall–Kier alpha value is -1.06. The van der Waals surface area contributed by atoms with Gasteiger partial charge in [0, 0.05) is 24.3 Å². The van der Waals surface area contributed by atoms with Crippen LogP contribution < -0.4 is 5.73 Å². The number of benzene rings is 1. The van der Waals surface area contributed by atoms with Gasteiger partial charge in [-0.15, -0.1) is 0 Å². The molecule has 0 bridgehead atoms. The van der Waals surface area contributed by atoms with Crippen LogP contribution in [0.25, 0.3) is 0 Å². The van der Waals surface area contributed by atoms with Crippen molar-refractivity contribution in [2.45, 2.75) is 31.8 Å². The molecule has 3 heteroatoms. The summed E-state index contributed by atoms with van der Waals surface area (Å²) in [5.41, 5.74) is 8.01. The number of nitrogens with zero attached hydrogens (tertiary/aromatic N) is 2. The average molecular weight is 247 g/mol. The molecule has 1 heterocycles. The number of nitrogen functional groups attached to an aromatic ring is 1. The number of anilines is 1. The predicted molar refractivity (Wildman–Crippen MR) is 77.6 cm³/mol. The van der Waals surface area contributed by atoms with E-state index < -0.39 is 0 Å². The lowest BCUT2D eigenvalue weighted by atomic mass is 10.1. The van der Waals surface area contributed by atoms with Crippen LogP contribution in [-0.4, -0.2) is 43.0 Å². The van der Waals surface area contributed by atoms with Gasteiger partial charge in [-0.25, -0.2) is 0 Å². The van der Waals surface area contributed by atoms with E-state index >= 15 is 0 Å². The summed E-state index contributed by atoms with van der Waals surface area (Å²) in [6.07, 6.45) is 2.66. The zero-order chi connectivity index (χ0) is 13.1.